The summed E-state index contributed by atoms with van der Waals surface area (Å²) in [5.74, 6) is -0.794. The fraction of sp³-hybridized carbons (Fsp3) is 0.500. The van der Waals surface area contributed by atoms with Crippen LogP contribution in [0.2, 0.25) is 0 Å². The second-order valence-corrected chi connectivity index (χ2v) is 5.73. The van der Waals surface area contributed by atoms with Gasteiger partial charge in [-0.1, -0.05) is 0 Å². The molecule has 6 nitrogen and oxygen atoms in total. The van der Waals surface area contributed by atoms with E-state index in [0.29, 0.717) is 5.92 Å². The van der Waals surface area contributed by atoms with Gasteiger partial charge in [-0.2, -0.15) is 13.2 Å². The minimum Gasteiger partial charge on any atom is -0.482 e. The van der Waals surface area contributed by atoms with Crippen molar-refractivity contribution in [2.45, 2.75) is 19.0 Å². The second kappa shape index (κ2) is 9.63. The van der Waals surface area contributed by atoms with Crippen molar-refractivity contribution in [3.8, 4) is 5.75 Å². The van der Waals surface area contributed by atoms with Gasteiger partial charge < -0.3 is 20.1 Å². The number of nitrogens with one attached hydrogen (secondary N) is 2. The lowest BCUT2D eigenvalue weighted by Gasteiger charge is -2.15. The molecule has 0 bridgehead atoms. The van der Waals surface area contributed by atoms with Gasteiger partial charge >= 0.3 is 12.1 Å². The quantitative estimate of drug-likeness (QED) is 0.661. The van der Waals surface area contributed by atoms with Crippen molar-refractivity contribution in [1.29, 1.82) is 0 Å². The number of alkyl halides is 3. The van der Waals surface area contributed by atoms with Crippen LogP contribution in [0, 0.1) is 5.92 Å². The Morgan fingerprint density at radius 1 is 1.27 bits per heavy atom. The molecule has 1 fully saturated rings. The molecule has 0 atom stereocenters. The maximum Gasteiger partial charge on any atom is 0.422 e. The van der Waals surface area contributed by atoms with Gasteiger partial charge in [0, 0.05) is 0 Å². The number of methoxy groups -OCH3 is 1. The lowest BCUT2D eigenvalue weighted by Crippen LogP contribution is -2.29. The van der Waals surface area contributed by atoms with Crippen LogP contribution >= 0.6 is 12.4 Å². The van der Waals surface area contributed by atoms with Crippen molar-refractivity contribution < 1.29 is 32.2 Å². The summed E-state index contributed by atoms with van der Waals surface area (Å²) in [6, 6.07) is 3.74. The van der Waals surface area contributed by atoms with Crippen LogP contribution in [-0.4, -0.2) is 44.9 Å². The minimum absolute atomic E-state index is 0. The fourth-order valence-corrected chi connectivity index (χ4v) is 2.06. The van der Waals surface area contributed by atoms with E-state index in [1.165, 1.54) is 12.1 Å². The highest BCUT2D eigenvalue weighted by Crippen LogP contribution is 2.29. The number of anilines is 1. The first-order chi connectivity index (χ1) is 11.8. The monoisotopic (exact) mass is 396 g/mol. The maximum absolute atomic E-state index is 12.4. The van der Waals surface area contributed by atoms with Crippen LogP contribution in [0.4, 0.5) is 18.9 Å². The lowest BCUT2D eigenvalue weighted by atomic mass is 10.2. The normalized spacial score (nSPS) is 13.5. The van der Waals surface area contributed by atoms with E-state index in [9.17, 15) is 22.8 Å². The number of hydrogen-bond donors (Lipinski definition) is 2. The molecule has 1 aromatic carbocycles. The molecule has 0 spiro atoms. The molecule has 0 heterocycles. The SMILES string of the molecule is COC(=O)c1ccc(NC(=O)CNCC2CC2)c(OCC(F)(F)F)c1.Cl. The molecular weight excluding hydrogens is 377 g/mol. The molecule has 0 aliphatic heterocycles. The van der Waals surface area contributed by atoms with Crippen LogP contribution in [-0.2, 0) is 9.53 Å². The fourth-order valence-electron chi connectivity index (χ4n) is 2.06. The highest BCUT2D eigenvalue weighted by atomic mass is 35.5. The van der Waals surface area contributed by atoms with E-state index < -0.39 is 24.7 Å². The number of esters is 1. The van der Waals surface area contributed by atoms with Crippen molar-refractivity contribution in [1.82, 2.24) is 5.32 Å². The van der Waals surface area contributed by atoms with Gasteiger partial charge in [0.2, 0.25) is 5.91 Å². The molecule has 1 aliphatic rings. The van der Waals surface area contributed by atoms with Crippen molar-refractivity contribution >= 4 is 30.0 Å². The number of amides is 1. The molecule has 146 valence electrons. The van der Waals surface area contributed by atoms with E-state index in [2.05, 4.69) is 15.4 Å². The Bertz CT molecular complexity index is 636. The average Bonchev–Trinajstić information content (AvgIpc) is 3.36. The van der Waals surface area contributed by atoms with E-state index >= 15 is 0 Å². The number of carbonyl (C=O) groups is 2. The summed E-state index contributed by atoms with van der Waals surface area (Å²) in [5, 5.41) is 5.45. The predicted octanol–water partition coefficient (Wildman–Crippen LogP) is 2.77. The van der Waals surface area contributed by atoms with Gasteiger partial charge in [0.1, 0.15) is 5.75 Å². The molecule has 1 aliphatic carbocycles. The number of hydrogen-bond acceptors (Lipinski definition) is 5. The third kappa shape index (κ3) is 7.49. The zero-order chi connectivity index (χ0) is 18.4. The Morgan fingerprint density at radius 2 is 1.96 bits per heavy atom. The van der Waals surface area contributed by atoms with Gasteiger partial charge in [-0.25, -0.2) is 4.79 Å². The summed E-state index contributed by atoms with van der Waals surface area (Å²) in [6.07, 6.45) is -2.27. The molecule has 2 rings (SSSR count). The van der Waals surface area contributed by atoms with E-state index in [4.69, 9.17) is 4.74 Å². The molecule has 26 heavy (non-hydrogen) atoms. The van der Waals surface area contributed by atoms with Crippen LogP contribution < -0.4 is 15.4 Å². The first-order valence-corrected chi connectivity index (χ1v) is 7.71. The van der Waals surface area contributed by atoms with Crippen LogP contribution in [0.5, 0.6) is 5.75 Å². The summed E-state index contributed by atoms with van der Waals surface area (Å²) in [7, 11) is 1.15. The van der Waals surface area contributed by atoms with Crippen LogP contribution in [0.3, 0.4) is 0 Å². The topological polar surface area (TPSA) is 76.7 Å². The van der Waals surface area contributed by atoms with Crippen molar-refractivity contribution in [3.63, 3.8) is 0 Å². The first kappa shape index (κ1) is 22.0. The lowest BCUT2D eigenvalue weighted by molar-refractivity contribution is -0.153. The highest BCUT2D eigenvalue weighted by molar-refractivity contribution is 5.95. The Labute approximate surface area is 154 Å². The Kier molecular flexibility index (Phi) is 8.16. The summed E-state index contributed by atoms with van der Waals surface area (Å²) in [6.45, 7) is -0.777. The molecule has 1 amide bonds. The molecule has 0 radical (unpaired) electrons. The van der Waals surface area contributed by atoms with Crippen molar-refractivity contribution in [2.24, 2.45) is 5.92 Å². The van der Waals surface area contributed by atoms with E-state index in [-0.39, 0.29) is 36.0 Å². The summed E-state index contributed by atoms with van der Waals surface area (Å²) >= 11 is 0. The van der Waals surface area contributed by atoms with E-state index in [1.54, 1.807) is 0 Å². The van der Waals surface area contributed by atoms with Crippen LogP contribution in [0.15, 0.2) is 18.2 Å². The van der Waals surface area contributed by atoms with Gasteiger partial charge in [0.25, 0.3) is 0 Å². The summed E-state index contributed by atoms with van der Waals surface area (Å²) < 4.78 is 46.4. The Hall–Kier alpha value is -2.00. The third-order valence-electron chi connectivity index (χ3n) is 3.48. The molecular formula is C16H20ClF3N2O4. The Morgan fingerprint density at radius 3 is 2.54 bits per heavy atom. The number of rotatable bonds is 8. The molecule has 0 unspecified atom stereocenters. The van der Waals surface area contributed by atoms with Crippen molar-refractivity contribution in [3.05, 3.63) is 23.8 Å². The Balaban J connectivity index is 0.00000338. The summed E-state index contributed by atoms with van der Waals surface area (Å²) in [5.41, 5.74) is 0.0691. The molecule has 0 saturated heterocycles. The smallest absolute Gasteiger partial charge is 0.422 e. The standard InChI is InChI=1S/C16H19F3N2O4.ClH/c1-24-15(23)11-4-5-12(13(6-11)25-9-16(17,18)19)21-14(22)8-20-7-10-2-3-10;/h4-6,10,20H,2-3,7-9H2,1H3,(H,21,22);1H. The number of halogens is 4. The number of benzene rings is 1. The van der Waals surface area contributed by atoms with E-state index in [0.717, 1.165) is 32.6 Å². The molecule has 1 aromatic rings. The second-order valence-electron chi connectivity index (χ2n) is 5.73. The van der Waals surface area contributed by atoms with Gasteiger partial charge in [-0.3, -0.25) is 4.79 Å². The van der Waals surface area contributed by atoms with Gasteiger partial charge in [0.05, 0.1) is 24.9 Å². The van der Waals surface area contributed by atoms with Gasteiger partial charge in [0.15, 0.2) is 6.61 Å². The zero-order valence-corrected chi connectivity index (χ0v) is 14.8. The number of ether oxygens (including phenoxy) is 2. The van der Waals surface area contributed by atoms with Crippen LogP contribution in [0.1, 0.15) is 23.2 Å². The zero-order valence-electron chi connectivity index (χ0n) is 14.0. The first-order valence-electron chi connectivity index (χ1n) is 7.71. The molecule has 1 saturated carbocycles. The van der Waals surface area contributed by atoms with E-state index in [1.807, 2.05) is 0 Å². The molecule has 2 N–H and O–H groups in total. The molecule has 0 aromatic heterocycles. The molecule has 10 heteroatoms. The average molecular weight is 397 g/mol. The van der Waals surface area contributed by atoms with Gasteiger partial charge in [-0.05, 0) is 43.5 Å². The maximum atomic E-state index is 12.4. The largest absolute Gasteiger partial charge is 0.482 e. The third-order valence-corrected chi connectivity index (χ3v) is 3.48. The summed E-state index contributed by atoms with van der Waals surface area (Å²) in [4.78, 5) is 23.4. The number of carbonyl (C=O) groups excluding carboxylic acids is 2. The van der Waals surface area contributed by atoms with Crippen molar-refractivity contribution in [2.75, 3.05) is 32.1 Å². The highest BCUT2D eigenvalue weighted by Gasteiger charge is 2.29. The van der Waals surface area contributed by atoms with Gasteiger partial charge in [-0.15, -0.1) is 12.4 Å². The minimum atomic E-state index is -4.55. The predicted molar refractivity (Wildman–Crippen MR) is 90.8 cm³/mol. The van der Waals surface area contributed by atoms with Crippen LogP contribution in [0.25, 0.3) is 0 Å².